The van der Waals surface area contributed by atoms with Crippen molar-refractivity contribution in [2.45, 2.75) is 58.9 Å². The third-order valence-electron chi connectivity index (χ3n) is 4.25. The highest BCUT2D eigenvalue weighted by atomic mass is 16.2. The fourth-order valence-electron chi connectivity index (χ4n) is 3.08. The summed E-state index contributed by atoms with van der Waals surface area (Å²) < 4.78 is 0. The summed E-state index contributed by atoms with van der Waals surface area (Å²) in [4.78, 5) is 16.5. The molecule has 0 aromatic rings. The number of hydrogen-bond acceptors (Lipinski definition) is 3. The highest BCUT2D eigenvalue weighted by Crippen LogP contribution is 2.12. The molecule has 1 fully saturated rings. The van der Waals surface area contributed by atoms with E-state index in [1.54, 1.807) is 0 Å². The van der Waals surface area contributed by atoms with E-state index in [2.05, 4.69) is 31.0 Å². The molecule has 0 aliphatic carbocycles. The molecule has 1 amide bonds. The number of carbonyl (C=O) groups excluding carboxylic acids is 1. The number of piperidine rings is 1. The molecule has 0 aromatic heterocycles. The van der Waals surface area contributed by atoms with Gasteiger partial charge in [0.25, 0.3) is 0 Å². The zero-order chi connectivity index (χ0) is 14.8. The van der Waals surface area contributed by atoms with Gasteiger partial charge in [0.15, 0.2) is 0 Å². The standard InChI is InChI=1S/C16H33N3O/c1-4-12-19(15-9-7-11-17-14-15)13-8-10-16(20)18(5-2)6-3/h15,17H,4-14H2,1-3H3. The zero-order valence-electron chi connectivity index (χ0n) is 13.7. The number of rotatable bonds is 9. The zero-order valence-corrected chi connectivity index (χ0v) is 13.7. The van der Waals surface area contributed by atoms with Crippen molar-refractivity contribution < 1.29 is 4.79 Å². The molecule has 1 N–H and O–H groups in total. The molecular formula is C16H33N3O. The summed E-state index contributed by atoms with van der Waals surface area (Å²) in [7, 11) is 0. The Balaban J connectivity index is 2.33. The second kappa shape index (κ2) is 10.2. The van der Waals surface area contributed by atoms with Gasteiger partial charge in [-0.15, -0.1) is 0 Å². The lowest BCUT2D eigenvalue weighted by Crippen LogP contribution is -2.46. The van der Waals surface area contributed by atoms with Gasteiger partial charge >= 0.3 is 0 Å². The molecular weight excluding hydrogens is 250 g/mol. The van der Waals surface area contributed by atoms with E-state index in [1.165, 1.54) is 19.3 Å². The quantitative estimate of drug-likeness (QED) is 0.704. The van der Waals surface area contributed by atoms with E-state index in [-0.39, 0.29) is 0 Å². The molecule has 0 radical (unpaired) electrons. The molecule has 4 heteroatoms. The monoisotopic (exact) mass is 283 g/mol. The fraction of sp³-hybridized carbons (Fsp3) is 0.938. The predicted molar refractivity (Wildman–Crippen MR) is 84.9 cm³/mol. The Kier molecular flexibility index (Phi) is 8.86. The van der Waals surface area contributed by atoms with Crippen LogP contribution in [0.3, 0.4) is 0 Å². The van der Waals surface area contributed by atoms with Crippen molar-refractivity contribution in [3.8, 4) is 0 Å². The van der Waals surface area contributed by atoms with Crippen molar-refractivity contribution in [3.63, 3.8) is 0 Å². The number of amides is 1. The molecule has 118 valence electrons. The van der Waals surface area contributed by atoms with E-state index >= 15 is 0 Å². The van der Waals surface area contributed by atoms with E-state index in [0.717, 1.165) is 45.7 Å². The van der Waals surface area contributed by atoms with E-state index < -0.39 is 0 Å². The van der Waals surface area contributed by atoms with Crippen molar-refractivity contribution in [2.75, 3.05) is 39.3 Å². The SMILES string of the molecule is CCCN(CCCC(=O)N(CC)CC)C1CCCNC1. The minimum atomic E-state index is 0.313. The fourth-order valence-corrected chi connectivity index (χ4v) is 3.08. The predicted octanol–water partition coefficient (Wildman–Crippen LogP) is 2.10. The van der Waals surface area contributed by atoms with Crippen LogP contribution in [0, 0.1) is 0 Å². The number of carbonyl (C=O) groups is 1. The van der Waals surface area contributed by atoms with Gasteiger partial charge in [-0.2, -0.15) is 0 Å². The van der Waals surface area contributed by atoms with E-state index in [4.69, 9.17) is 0 Å². The normalized spacial score (nSPS) is 19.3. The van der Waals surface area contributed by atoms with Gasteiger partial charge in [-0.3, -0.25) is 9.69 Å². The molecule has 1 aliphatic heterocycles. The van der Waals surface area contributed by atoms with Crippen LogP contribution in [-0.2, 0) is 4.79 Å². The van der Waals surface area contributed by atoms with E-state index in [1.807, 2.05) is 4.90 Å². The summed E-state index contributed by atoms with van der Waals surface area (Å²) >= 11 is 0. The molecule has 1 heterocycles. The topological polar surface area (TPSA) is 35.6 Å². The maximum atomic E-state index is 12.0. The smallest absolute Gasteiger partial charge is 0.222 e. The Hall–Kier alpha value is -0.610. The molecule has 1 atom stereocenters. The number of hydrogen-bond donors (Lipinski definition) is 1. The molecule has 1 unspecified atom stereocenters. The summed E-state index contributed by atoms with van der Waals surface area (Å²) in [5.74, 6) is 0.313. The maximum Gasteiger partial charge on any atom is 0.222 e. The number of nitrogens with one attached hydrogen (secondary N) is 1. The summed E-state index contributed by atoms with van der Waals surface area (Å²) in [5, 5.41) is 3.49. The van der Waals surface area contributed by atoms with Crippen LogP contribution in [0.4, 0.5) is 0 Å². The highest BCUT2D eigenvalue weighted by Gasteiger charge is 2.20. The Morgan fingerprint density at radius 3 is 2.50 bits per heavy atom. The van der Waals surface area contributed by atoms with E-state index in [0.29, 0.717) is 18.4 Å². The average Bonchev–Trinajstić information content (AvgIpc) is 2.48. The summed E-state index contributed by atoms with van der Waals surface area (Å²) in [6.07, 6.45) is 5.47. The van der Waals surface area contributed by atoms with Crippen molar-refractivity contribution in [1.29, 1.82) is 0 Å². The van der Waals surface area contributed by atoms with E-state index in [9.17, 15) is 4.79 Å². The maximum absolute atomic E-state index is 12.0. The van der Waals surface area contributed by atoms with Gasteiger partial charge in [0.2, 0.25) is 5.91 Å². The van der Waals surface area contributed by atoms with Gasteiger partial charge in [-0.1, -0.05) is 6.92 Å². The first-order valence-corrected chi connectivity index (χ1v) is 8.45. The largest absolute Gasteiger partial charge is 0.343 e. The molecule has 1 saturated heterocycles. The Morgan fingerprint density at radius 2 is 1.95 bits per heavy atom. The van der Waals surface area contributed by atoms with Crippen molar-refractivity contribution in [1.82, 2.24) is 15.1 Å². The van der Waals surface area contributed by atoms with Gasteiger partial charge in [0.05, 0.1) is 0 Å². The van der Waals surface area contributed by atoms with Crippen LogP contribution >= 0.6 is 0 Å². The van der Waals surface area contributed by atoms with Crippen LogP contribution in [0.2, 0.25) is 0 Å². The average molecular weight is 283 g/mol. The van der Waals surface area contributed by atoms with Crippen LogP contribution in [0.1, 0.15) is 52.9 Å². The van der Waals surface area contributed by atoms with Crippen LogP contribution in [0.15, 0.2) is 0 Å². The molecule has 4 nitrogen and oxygen atoms in total. The van der Waals surface area contributed by atoms with Crippen LogP contribution in [0.5, 0.6) is 0 Å². The first-order chi connectivity index (χ1) is 9.72. The molecule has 0 bridgehead atoms. The Labute approximate surface area is 124 Å². The second-order valence-corrected chi connectivity index (χ2v) is 5.71. The molecule has 0 spiro atoms. The van der Waals surface area contributed by atoms with Crippen molar-refractivity contribution in [3.05, 3.63) is 0 Å². The Bertz CT molecular complexity index is 260. The molecule has 1 rings (SSSR count). The number of nitrogens with zero attached hydrogens (tertiary/aromatic N) is 2. The lowest BCUT2D eigenvalue weighted by atomic mass is 10.0. The van der Waals surface area contributed by atoms with Crippen LogP contribution in [0.25, 0.3) is 0 Å². The third kappa shape index (κ3) is 5.80. The summed E-state index contributed by atoms with van der Waals surface area (Å²) in [6.45, 7) is 12.5. The van der Waals surface area contributed by atoms with Gasteiger partial charge in [-0.25, -0.2) is 0 Å². The Morgan fingerprint density at radius 1 is 1.20 bits per heavy atom. The van der Waals surface area contributed by atoms with Crippen molar-refractivity contribution in [2.24, 2.45) is 0 Å². The highest BCUT2D eigenvalue weighted by molar-refractivity contribution is 5.76. The minimum absolute atomic E-state index is 0.313. The molecule has 20 heavy (non-hydrogen) atoms. The lowest BCUT2D eigenvalue weighted by molar-refractivity contribution is -0.131. The van der Waals surface area contributed by atoms with Gasteiger partial charge in [0, 0.05) is 32.1 Å². The van der Waals surface area contributed by atoms with Gasteiger partial charge < -0.3 is 10.2 Å². The molecule has 0 saturated carbocycles. The third-order valence-corrected chi connectivity index (χ3v) is 4.25. The van der Waals surface area contributed by atoms with Gasteiger partial charge in [0.1, 0.15) is 0 Å². The first kappa shape index (κ1) is 17.4. The van der Waals surface area contributed by atoms with Crippen LogP contribution < -0.4 is 5.32 Å². The molecule has 1 aliphatic rings. The molecule has 0 aromatic carbocycles. The first-order valence-electron chi connectivity index (χ1n) is 8.45. The summed E-state index contributed by atoms with van der Waals surface area (Å²) in [5.41, 5.74) is 0. The minimum Gasteiger partial charge on any atom is -0.343 e. The van der Waals surface area contributed by atoms with Crippen molar-refractivity contribution >= 4 is 5.91 Å². The van der Waals surface area contributed by atoms with Crippen LogP contribution in [-0.4, -0.2) is 61.0 Å². The lowest BCUT2D eigenvalue weighted by Gasteiger charge is -2.34. The second-order valence-electron chi connectivity index (χ2n) is 5.71. The van der Waals surface area contributed by atoms with Gasteiger partial charge in [-0.05, 0) is 59.2 Å². The summed E-state index contributed by atoms with van der Waals surface area (Å²) in [6, 6.07) is 0.673.